The number of benzene rings is 2. The number of likely N-dealkylation sites (tertiary alicyclic amines) is 2. The van der Waals surface area contributed by atoms with Gasteiger partial charge in [0.15, 0.2) is 11.5 Å². The van der Waals surface area contributed by atoms with E-state index in [0.29, 0.717) is 41.9 Å². The highest BCUT2D eigenvalue weighted by Crippen LogP contribution is 2.40. The average Bonchev–Trinajstić information content (AvgIpc) is 3.33. The number of hydrogen-bond donors (Lipinski definition) is 2. The summed E-state index contributed by atoms with van der Waals surface area (Å²) in [7, 11) is 4.58. The number of methoxy groups -OCH3 is 3. The smallest absolute Gasteiger partial charge is 0.319 e. The third kappa shape index (κ3) is 7.62. The molecule has 2 aliphatic rings. The second-order valence-electron chi connectivity index (χ2n) is 9.92. The van der Waals surface area contributed by atoms with E-state index >= 15 is 0 Å². The fourth-order valence-electron chi connectivity index (χ4n) is 5.49. The zero-order chi connectivity index (χ0) is 27.2. The van der Waals surface area contributed by atoms with Gasteiger partial charge in [-0.3, -0.25) is 9.69 Å². The molecule has 11 heteroatoms. The van der Waals surface area contributed by atoms with Crippen LogP contribution in [-0.2, 0) is 11.2 Å². The lowest BCUT2D eigenvalue weighted by atomic mass is 9.89. The highest BCUT2D eigenvalue weighted by atomic mass is 35.5. The summed E-state index contributed by atoms with van der Waals surface area (Å²) >= 11 is 6.03. The van der Waals surface area contributed by atoms with E-state index in [1.807, 2.05) is 17.0 Å². The summed E-state index contributed by atoms with van der Waals surface area (Å²) in [5.41, 5.74) is 1.82. The molecule has 0 radical (unpaired) electrons. The molecule has 214 valence electrons. The van der Waals surface area contributed by atoms with Crippen molar-refractivity contribution in [1.82, 2.24) is 15.1 Å². The van der Waals surface area contributed by atoms with E-state index < -0.39 is 0 Å². The van der Waals surface area contributed by atoms with Crippen molar-refractivity contribution >= 4 is 41.6 Å². The number of carbonyl (C=O) groups excluding carboxylic acids is 2. The monoisotopic (exact) mass is 580 g/mol. The zero-order valence-electron chi connectivity index (χ0n) is 22.9. The number of urea groups is 1. The van der Waals surface area contributed by atoms with Crippen LogP contribution >= 0.6 is 24.0 Å². The van der Waals surface area contributed by atoms with Gasteiger partial charge in [-0.25, -0.2) is 4.79 Å². The van der Waals surface area contributed by atoms with Gasteiger partial charge in [-0.2, -0.15) is 0 Å². The van der Waals surface area contributed by atoms with Crippen molar-refractivity contribution in [3.63, 3.8) is 0 Å². The molecule has 2 aliphatic heterocycles. The maximum absolute atomic E-state index is 13.0. The topological polar surface area (TPSA) is 92.4 Å². The first-order chi connectivity index (χ1) is 18.3. The van der Waals surface area contributed by atoms with Gasteiger partial charge in [0.05, 0.1) is 33.1 Å². The molecule has 2 aromatic carbocycles. The van der Waals surface area contributed by atoms with Crippen molar-refractivity contribution in [3.05, 3.63) is 47.0 Å². The van der Waals surface area contributed by atoms with Crippen LogP contribution in [0.4, 0.5) is 10.5 Å². The summed E-state index contributed by atoms with van der Waals surface area (Å²) in [5, 5.41) is 6.74. The Kier molecular flexibility index (Phi) is 11.0. The second-order valence-corrected chi connectivity index (χ2v) is 10.4. The second kappa shape index (κ2) is 14.0. The van der Waals surface area contributed by atoms with Crippen LogP contribution in [0.15, 0.2) is 36.4 Å². The lowest BCUT2D eigenvalue weighted by Gasteiger charge is -2.38. The fourth-order valence-corrected chi connectivity index (χ4v) is 5.61. The van der Waals surface area contributed by atoms with Crippen LogP contribution in [0, 0.1) is 5.92 Å². The van der Waals surface area contributed by atoms with Gasteiger partial charge in [0, 0.05) is 43.2 Å². The van der Waals surface area contributed by atoms with Gasteiger partial charge >= 0.3 is 6.03 Å². The number of anilines is 1. The predicted molar refractivity (Wildman–Crippen MR) is 155 cm³/mol. The Balaban J connectivity index is 0.00000420. The molecular weight excluding hydrogens is 543 g/mol. The van der Waals surface area contributed by atoms with Crippen LogP contribution in [0.1, 0.15) is 25.3 Å². The molecule has 2 atom stereocenters. The molecular formula is C28H38Cl2N4O5. The van der Waals surface area contributed by atoms with E-state index in [2.05, 4.69) is 27.7 Å². The molecule has 0 aromatic heterocycles. The zero-order valence-corrected chi connectivity index (χ0v) is 24.4. The van der Waals surface area contributed by atoms with Gasteiger partial charge < -0.3 is 29.7 Å². The summed E-state index contributed by atoms with van der Waals surface area (Å²) < 4.78 is 16.1. The maximum atomic E-state index is 13.0. The lowest BCUT2D eigenvalue weighted by molar-refractivity contribution is -0.128. The normalized spacial score (nSPS) is 19.7. The van der Waals surface area contributed by atoms with Crippen LogP contribution in [0.5, 0.6) is 17.2 Å². The van der Waals surface area contributed by atoms with E-state index in [0.717, 1.165) is 37.4 Å². The Morgan fingerprint density at radius 3 is 2.13 bits per heavy atom. The molecule has 0 saturated carbocycles. The van der Waals surface area contributed by atoms with Crippen LogP contribution < -0.4 is 24.8 Å². The fraction of sp³-hybridized carbons (Fsp3) is 0.500. The number of nitrogens with one attached hydrogen (secondary N) is 2. The van der Waals surface area contributed by atoms with Crippen LogP contribution in [0.2, 0.25) is 5.02 Å². The highest BCUT2D eigenvalue weighted by molar-refractivity contribution is 6.30. The molecule has 0 spiro atoms. The Hall–Kier alpha value is -2.88. The van der Waals surface area contributed by atoms with Gasteiger partial charge in [0.1, 0.15) is 0 Å². The third-order valence-electron chi connectivity index (χ3n) is 7.53. The van der Waals surface area contributed by atoms with Crippen molar-refractivity contribution in [2.75, 3.05) is 52.8 Å². The van der Waals surface area contributed by atoms with Crippen molar-refractivity contribution in [2.24, 2.45) is 5.92 Å². The maximum Gasteiger partial charge on any atom is 0.319 e. The molecule has 0 bridgehead atoms. The van der Waals surface area contributed by atoms with Crippen LogP contribution in [0.3, 0.4) is 0 Å². The van der Waals surface area contributed by atoms with E-state index in [-0.39, 0.29) is 36.4 Å². The Bertz CT molecular complexity index is 1100. The molecule has 2 N–H and O–H groups in total. The van der Waals surface area contributed by atoms with Gasteiger partial charge in [-0.1, -0.05) is 23.7 Å². The molecule has 39 heavy (non-hydrogen) atoms. The largest absolute Gasteiger partial charge is 0.493 e. The molecule has 2 saturated heterocycles. The number of rotatable bonds is 8. The number of piperidine rings is 1. The Morgan fingerprint density at radius 2 is 1.59 bits per heavy atom. The van der Waals surface area contributed by atoms with Gasteiger partial charge in [-0.15, -0.1) is 12.4 Å². The first kappa shape index (κ1) is 30.7. The minimum absolute atomic E-state index is 0. The SMILES string of the molecule is COc1cc(NC(=O)N[C@H]2CN(C(C)=O)C[C@@H]2N2CCC(Cc3ccc(Cl)cc3)CC2)cc(OC)c1OC.Cl. The lowest BCUT2D eigenvalue weighted by Crippen LogP contribution is -2.54. The van der Waals surface area contributed by atoms with Gasteiger partial charge in [0.25, 0.3) is 0 Å². The molecule has 2 aromatic rings. The summed E-state index contributed by atoms with van der Waals surface area (Å²) in [4.78, 5) is 29.5. The summed E-state index contributed by atoms with van der Waals surface area (Å²) in [6.45, 7) is 4.52. The number of carbonyl (C=O) groups is 2. The average molecular weight is 582 g/mol. The standard InChI is InChI=1S/C28H37ClN4O5.ClH/c1-18(34)33-16-23(31-28(35)30-22-14-25(36-2)27(38-4)26(15-22)37-3)24(17-33)32-11-9-20(10-12-32)13-19-5-7-21(29)8-6-19;/h5-8,14-15,20,23-24H,9-13,16-17H2,1-4H3,(H2,30,31,35);1H/t23-,24-;/m0./s1. The van der Waals surface area contributed by atoms with E-state index in [9.17, 15) is 9.59 Å². The van der Waals surface area contributed by atoms with E-state index in [4.69, 9.17) is 25.8 Å². The van der Waals surface area contributed by atoms with Crippen molar-refractivity contribution in [2.45, 2.75) is 38.3 Å². The number of hydrogen-bond acceptors (Lipinski definition) is 6. The first-order valence-corrected chi connectivity index (χ1v) is 13.3. The Labute approximate surface area is 241 Å². The van der Waals surface area contributed by atoms with Crippen molar-refractivity contribution in [1.29, 1.82) is 0 Å². The number of nitrogens with zero attached hydrogens (tertiary/aromatic N) is 2. The summed E-state index contributed by atoms with van der Waals surface area (Å²) in [6, 6.07) is 11.0. The molecule has 3 amide bonds. The van der Waals surface area contributed by atoms with E-state index in [1.54, 1.807) is 19.1 Å². The molecule has 4 rings (SSSR count). The molecule has 2 heterocycles. The molecule has 0 unspecified atom stereocenters. The van der Waals surface area contributed by atoms with Gasteiger partial charge in [-0.05, 0) is 56.0 Å². The Morgan fingerprint density at radius 1 is 0.974 bits per heavy atom. The van der Waals surface area contributed by atoms with Crippen molar-refractivity contribution in [3.8, 4) is 17.2 Å². The minimum atomic E-state index is -0.350. The number of halogens is 2. The molecule has 9 nitrogen and oxygen atoms in total. The molecule has 2 fully saturated rings. The molecule has 0 aliphatic carbocycles. The summed E-state index contributed by atoms with van der Waals surface area (Å²) in [6.07, 6.45) is 3.18. The highest BCUT2D eigenvalue weighted by Gasteiger charge is 2.39. The van der Waals surface area contributed by atoms with Crippen LogP contribution in [-0.4, -0.2) is 81.3 Å². The summed E-state index contributed by atoms with van der Waals surface area (Å²) in [5.74, 6) is 1.97. The number of amides is 3. The van der Waals surface area contributed by atoms with Crippen molar-refractivity contribution < 1.29 is 23.8 Å². The minimum Gasteiger partial charge on any atom is -0.493 e. The van der Waals surface area contributed by atoms with Gasteiger partial charge in [0.2, 0.25) is 11.7 Å². The van der Waals surface area contributed by atoms with E-state index in [1.165, 1.54) is 26.9 Å². The predicted octanol–water partition coefficient (Wildman–Crippen LogP) is 4.46. The third-order valence-corrected chi connectivity index (χ3v) is 7.78. The quantitative estimate of drug-likeness (QED) is 0.479. The van der Waals surface area contributed by atoms with Crippen LogP contribution in [0.25, 0.3) is 0 Å². The number of ether oxygens (including phenoxy) is 3. The first-order valence-electron chi connectivity index (χ1n) is 12.9.